The van der Waals surface area contributed by atoms with Crippen molar-refractivity contribution in [1.29, 1.82) is 5.26 Å². The maximum atomic E-state index is 12.8. The molecule has 0 aliphatic rings. The second kappa shape index (κ2) is 8.64. The summed E-state index contributed by atoms with van der Waals surface area (Å²) < 4.78 is 43.6. The van der Waals surface area contributed by atoms with Crippen LogP contribution in [0.1, 0.15) is 50.2 Å². The predicted octanol–water partition coefficient (Wildman–Crippen LogP) is 4.29. The van der Waals surface area contributed by atoms with E-state index in [9.17, 15) is 18.3 Å². The number of unbranched alkanes of at least 4 members (excludes halogenated alkanes) is 3. The van der Waals surface area contributed by atoms with Gasteiger partial charge in [0.15, 0.2) is 0 Å². The average Bonchev–Trinajstić information content (AvgIpc) is 2.48. The van der Waals surface area contributed by atoms with E-state index in [-0.39, 0.29) is 12.4 Å². The van der Waals surface area contributed by atoms with Gasteiger partial charge >= 0.3 is 6.18 Å². The van der Waals surface area contributed by atoms with Crippen LogP contribution >= 0.6 is 0 Å². The zero-order chi connectivity index (χ0) is 16.6. The molecule has 0 radical (unpaired) electrons. The van der Waals surface area contributed by atoms with Crippen molar-refractivity contribution in [2.45, 2.75) is 51.3 Å². The van der Waals surface area contributed by atoms with Crippen LogP contribution in [0.15, 0.2) is 18.2 Å². The standard InChI is InChI=1S/C16H20F3NO2/c1-2-3-4-5-6-13(21)11-22-14-8-7-12(10-20)15(9-14)16(17,18)19/h7-9,13,21H,2-6,11H2,1H3. The highest BCUT2D eigenvalue weighted by molar-refractivity contribution is 5.44. The van der Waals surface area contributed by atoms with Gasteiger partial charge in [-0.15, -0.1) is 0 Å². The van der Waals surface area contributed by atoms with Crippen molar-refractivity contribution >= 4 is 0 Å². The summed E-state index contributed by atoms with van der Waals surface area (Å²) in [5, 5.41) is 18.4. The van der Waals surface area contributed by atoms with Gasteiger partial charge in [0, 0.05) is 0 Å². The monoisotopic (exact) mass is 315 g/mol. The molecule has 1 rings (SSSR count). The summed E-state index contributed by atoms with van der Waals surface area (Å²) in [5.74, 6) is -0.000988. The van der Waals surface area contributed by atoms with Crippen molar-refractivity contribution in [2.24, 2.45) is 0 Å². The number of hydrogen-bond acceptors (Lipinski definition) is 3. The quantitative estimate of drug-likeness (QED) is 0.728. The summed E-state index contributed by atoms with van der Waals surface area (Å²) in [5.41, 5.74) is -1.47. The SMILES string of the molecule is CCCCCCC(O)COc1ccc(C#N)c(C(F)(F)F)c1. The molecule has 1 unspecified atom stereocenters. The minimum atomic E-state index is -4.61. The highest BCUT2D eigenvalue weighted by Crippen LogP contribution is 2.34. The fourth-order valence-electron chi connectivity index (χ4n) is 2.03. The van der Waals surface area contributed by atoms with Crippen molar-refractivity contribution in [1.82, 2.24) is 0 Å². The highest BCUT2D eigenvalue weighted by atomic mass is 19.4. The normalized spacial score (nSPS) is 12.7. The van der Waals surface area contributed by atoms with Gasteiger partial charge in [-0.05, 0) is 24.6 Å². The van der Waals surface area contributed by atoms with E-state index in [0.29, 0.717) is 6.42 Å². The predicted molar refractivity (Wildman–Crippen MR) is 76.4 cm³/mol. The molecule has 6 heteroatoms. The van der Waals surface area contributed by atoms with Gasteiger partial charge in [-0.2, -0.15) is 18.4 Å². The van der Waals surface area contributed by atoms with Gasteiger partial charge in [0.2, 0.25) is 0 Å². The molecule has 1 aromatic carbocycles. The van der Waals surface area contributed by atoms with E-state index in [1.165, 1.54) is 12.1 Å². The van der Waals surface area contributed by atoms with Crippen LogP contribution in [-0.4, -0.2) is 17.8 Å². The Labute approximate surface area is 128 Å². The van der Waals surface area contributed by atoms with Crippen molar-refractivity contribution in [3.63, 3.8) is 0 Å². The summed E-state index contributed by atoms with van der Waals surface area (Å²) >= 11 is 0. The third-order valence-corrected chi connectivity index (χ3v) is 3.25. The average molecular weight is 315 g/mol. The molecule has 0 aliphatic carbocycles. The van der Waals surface area contributed by atoms with Gasteiger partial charge in [-0.1, -0.05) is 32.6 Å². The van der Waals surface area contributed by atoms with Crippen molar-refractivity contribution in [3.8, 4) is 11.8 Å². The van der Waals surface area contributed by atoms with E-state index in [4.69, 9.17) is 10.00 Å². The molecule has 0 saturated heterocycles. The Balaban J connectivity index is 2.58. The molecule has 0 amide bonds. The minimum Gasteiger partial charge on any atom is -0.491 e. The second-order valence-electron chi connectivity index (χ2n) is 5.13. The smallest absolute Gasteiger partial charge is 0.417 e. The molecule has 1 N–H and O–H groups in total. The molecule has 0 saturated carbocycles. The molecule has 3 nitrogen and oxygen atoms in total. The Hall–Kier alpha value is -1.74. The number of nitriles is 1. The molecule has 22 heavy (non-hydrogen) atoms. The van der Waals surface area contributed by atoms with Crippen LogP contribution in [-0.2, 0) is 6.18 Å². The van der Waals surface area contributed by atoms with Gasteiger partial charge in [0.05, 0.1) is 23.3 Å². The van der Waals surface area contributed by atoms with E-state index < -0.39 is 23.4 Å². The summed E-state index contributed by atoms with van der Waals surface area (Å²) in [6.07, 6.45) is -0.689. The van der Waals surface area contributed by atoms with E-state index in [1.54, 1.807) is 0 Å². The molecule has 0 fully saturated rings. The second-order valence-corrected chi connectivity index (χ2v) is 5.13. The number of halogens is 3. The van der Waals surface area contributed by atoms with Crippen LogP contribution in [0.4, 0.5) is 13.2 Å². The third kappa shape index (κ3) is 5.94. The van der Waals surface area contributed by atoms with E-state index >= 15 is 0 Å². The first-order valence-electron chi connectivity index (χ1n) is 7.30. The number of aliphatic hydroxyl groups excluding tert-OH is 1. The Kier molecular flexibility index (Phi) is 7.19. The molecule has 0 bridgehead atoms. The van der Waals surface area contributed by atoms with Gasteiger partial charge in [-0.25, -0.2) is 0 Å². The van der Waals surface area contributed by atoms with Gasteiger partial charge in [0.1, 0.15) is 12.4 Å². The Morgan fingerprint density at radius 2 is 2.00 bits per heavy atom. The fourth-order valence-corrected chi connectivity index (χ4v) is 2.03. The Morgan fingerprint density at radius 1 is 1.27 bits per heavy atom. The largest absolute Gasteiger partial charge is 0.491 e. The van der Waals surface area contributed by atoms with Gasteiger partial charge < -0.3 is 9.84 Å². The number of alkyl halides is 3. The number of aliphatic hydroxyl groups is 1. The first-order chi connectivity index (χ1) is 10.4. The van der Waals surface area contributed by atoms with Crippen molar-refractivity contribution in [2.75, 3.05) is 6.61 Å². The van der Waals surface area contributed by atoms with Gasteiger partial charge in [-0.3, -0.25) is 0 Å². The van der Waals surface area contributed by atoms with Crippen LogP contribution in [0, 0.1) is 11.3 Å². The fraction of sp³-hybridized carbons (Fsp3) is 0.562. The molecule has 0 aromatic heterocycles. The zero-order valence-electron chi connectivity index (χ0n) is 12.5. The topological polar surface area (TPSA) is 53.2 Å². The van der Waals surface area contributed by atoms with Crippen LogP contribution in [0.25, 0.3) is 0 Å². The number of benzene rings is 1. The molecule has 122 valence electrons. The van der Waals surface area contributed by atoms with Crippen LogP contribution in [0.2, 0.25) is 0 Å². The van der Waals surface area contributed by atoms with Crippen molar-refractivity contribution in [3.05, 3.63) is 29.3 Å². The molecular formula is C16H20F3NO2. The molecule has 0 spiro atoms. The lowest BCUT2D eigenvalue weighted by molar-refractivity contribution is -0.137. The Morgan fingerprint density at radius 3 is 2.59 bits per heavy atom. The summed E-state index contributed by atoms with van der Waals surface area (Å²) in [4.78, 5) is 0. The van der Waals surface area contributed by atoms with Crippen molar-refractivity contribution < 1.29 is 23.0 Å². The number of rotatable bonds is 8. The van der Waals surface area contributed by atoms with Crippen LogP contribution in [0.5, 0.6) is 5.75 Å². The Bertz CT molecular complexity index is 509. The first kappa shape index (κ1) is 18.3. The van der Waals surface area contributed by atoms with Crippen LogP contribution < -0.4 is 4.74 Å². The van der Waals surface area contributed by atoms with E-state index in [2.05, 4.69) is 6.92 Å². The van der Waals surface area contributed by atoms with Crippen LogP contribution in [0.3, 0.4) is 0 Å². The first-order valence-corrected chi connectivity index (χ1v) is 7.30. The lowest BCUT2D eigenvalue weighted by Crippen LogP contribution is -2.17. The maximum absolute atomic E-state index is 12.8. The zero-order valence-corrected chi connectivity index (χ0v) is 12.5. The number of hydrogen-bond donors (Lipinski definition) is 1. The number of nitrogens with zero attached hydrogens (tertiary/aromatic N) is 1. The molecule has 0 aliphatic heterocycles. The summed E-state index contributed by atoms with van der Waals surface area (Å²) in [6, 6.07) is 4.68. The molecule has 1 atom stereocenters. The highest BCUT2D eigenvalue weighted by Gasteiger charge is 2.34. The summed E-state index contributed by atoms with van der Waals surface area (Å²) in [6.45, 7) is 2.03. The summed E-state index contributed by atoms with van der Waals surface area (Å²) in [7, 11) is 0. The lowest BCUT2D eigenvalue weighted by Gasteiger charge is -2.14. The van der Waals surface area contributed by atoms with E-state index in [0.717, 1.165) is 37.8 Å². The third-order valence-electron chi connectivity index (χ3n) is 3.25. The lowest BCUT2D eigenvalue weighted by atomic mass is 10.1. The van der Waals surface area contributed by atoms with E-state index in [1.807, 2.05) is 0 Å². The molecular weight excluding hydrogens is 295 g/mol. The van der Waals surface area contributed by atoms with Gasteiger partial charge in [0.25, 0.3) is 0 Å². The molecule has 0 heterocycles. The minimum absolute atomic E-state index is 0.000988. The molecule has 1 aromatic rings. The maximum Gasteiger partial charge on any atom is 0.417 e. The number of ether oxygens (including phenoxy) is 1.